The van der Waals surface area contributed by atoms with Crippen molar-refractivity contribution in [1.82, 2.24) is 0 Å². The molecule has 0 bridgehead atoms. The van der Waals surface area contributed by atoms with E-state index < -0.39 is 0 Å². The van der Waals surface area contributed by atoms with Crippen LogP contribution in [-0.4, -0.2) is 0 Å². The summed E-state index contributed by atoms with van der Waals surface area (Å²) in [5.41, 5.74) is 0. The molecule has 0 amide bonds. The minimum Gasteiger partial charge on any atom is -0.0651 e. The fraction of sp³-hybridized carbons (Fsp3) is 1.00. The van der Waals surface area contributed by atoms with Gasteiger partial charge in [0, 0.05) is 1.43 Å². The van der Waals surface area contributed by atoms with Crippen LogP contribution in [0.25, 0.3) is 0 Å². The SMILES string of the molecule is CCC(C)CCC(C)C.[HH]. The van der Waals surface area contributed by atoms with Crippen LogP contribution in [0, 0.1) is 11.8 Å². The molecule has 1 atom stereocenters. The molecule has 0 aliphatic heterocycles. The van der Waals surface area contributed by atoms with E-state index in [-0.39, 0.29) is 1.43 Å². The molecule has 0 heteroatoms. The largest absolute Gasteiger partial charge is 0.0651 e. The Bertz CT molecular complexity index is 59.7. The molecule has 0 nitrogen and oxygen atoms in total. The summed E-state index contributed by atoms with van der Waals surface area (Å²) in [5.74, 6) is 1.83. The van der Waals surface area contributed by atoms with E-state index in [0.717, 1.165) is 11.8 Å². The molecule has 0 N–H and O–H groups in total. The average Bonchev–Trinajstić information content (AvgIpc) is 1.83. The lowest BCUT2D eigenvalue weighted by atomic mass is 9.98. The van der Waals surface area contributed by atoms with Gasteiger partial charge in [-0.05, 0) is 11.8 Å². The Hall–Kier alpha value is 0. The van der Waals surface area contributed by atoms with E-state index in [1.807, 2.05) is 0 Å². The zero-order valence-electron chi connectivity index (χ0n) is 7.28. The molecule has 0 rings (SSSR count). The van der Waals surface area contributed by atoms with Gasteiger partial charge in [0.1, 0.15) is 0 Å². The van der Waals surface area contributed by atoms with Gasteiger partial charge in [-0.2, -0.15) is 0 Å². The Kier molecular flexibility index (Phi) is 4.84. The normalized spacial score (nSPS) is 14.3. The van der Waals surface area contributed by atoms with Crippen molar-refractivity contribution in [1.29, 1.82) is 0 Å². The molecule has 0 radical (unpaired) electrons. The standard InChI is InChI=1S/C9H20.H2/c1-5-9(4)7-6-8(2)3;/h8-9H,5-7H2,1-4H3;1H. The summed E-state index contributed by atoms with van der Waals surface area (Å²) in [6.45, 7) is 9.19. The molecule has 0 heterocycles. The highest BCUT2D eigenvalue weighted by Crippen LogP contribution is 2.13. The monoisotopic (exact) mass is 130 g/mol. The predicted molar refractivity (Wildman–Crippen MR) is 45.6 cm³/mol. The minimum absolute atomic E-state index is 0. The van der Waals surface area contributed by atoms with Crippen molar-refractivity contribution < 1.29 is 1.43 Å². The highest BCUT2D eigenvalue weighted by atomic mass is 14.1. The molecule has 1 unspecified atom stereocenters. The van der Waals surface area contributed by atoms with E-state index in [0.29, 0.717) is 0 Å². The fourth-order valence-corrected chi connectivity index (χ4v) is 0.822. The summed E-state index contributed by atoms with van der Waals surface area (Å²) in [7, 11) is 0. The third kappa shape index (κ3) is 5.88. The third-order valence-corrected chi connectivity index (χ3v) is 1.93. The lowest BCUT2D eigenvalue weighted by Gasteiger charge is -2.09. The lowest BCUT2D eigenvalue weighted by Crippen LogP contribution is -1.95. The van der Waals surface area contributed by atoms with E-state index in [9.17, 15) is 0 Å². The highest BCUT2D eigenvalue weighted by molar-refractivity contribution is 4.52. The van der Waals surface area contributed by atoms with E-state index in [1.165, 1.54) is 19.3 Å². The Morgan fingerprint density at radius 2 is 1.67 bits per heavy atom. The van der Waals surface area contributed by atoms with Crippen molar-refractivity contribution in [3.05, 3.63) is 0 Å². The molecule has 0 saturated carbocycles. The van der Waals surface area contributed by atoms with E-state index in [1.54, 1.807) is 0 Å². The zero-order valence-corrected chi connectivity index (χ0v) is 7.28. The van der Waals surface area contributed by atoms with E-state index in [2.05, 4.69) is 27.7 Å². The van der Waals surface area contributed by atoms with Crippen molar-refractivity contribution in [2.24, 2.45) is 11.8 Å². The van der Waals surface area contributed by atoms with Gasteiger partial charge < -0.3 is 0 Å². The molecule has 0 spiro atoms. The zero-order chi connectivity index (χ0) is 7.28. The van der Waals surface area contributed by atoms with Crippen LogP contribution >= 0.6 is 0 Å². The second-order valence-electron chi connectivity index (χ2n) is 3.48. The first kappa shape index (κ1) is 9.00. The predicted octanol–water partition coefficient (Wildman–Crippen LogP) is 3.71. The van der Waals surface area contributed by atoms with Gasteiger partial charge in [0.15, 0.2) is 0 Å². The van der Waals surface area contributed by atoms with Crippen LogP contribution in [0.1, 0.15) is 48.4 Å². The summed E-state index contributed by atoms with van der Waals surface area (Å²) in [6, 6.07) is 0. The Balaban J connectivity index is 0. The maximum Gasteiger partial charge on any atom is 0 e. The molecule has 0 saturated heterocycles. The number of rotatable bonds is 4. The third-order valence-electron chi connectivity index (χ3n) is 1.93. The summed E-state index contributed by atoms with van der Waals surface area (Å²) in [5, 5.41) is 0. The number of hydrogen-bond donors (Lipinski definition) is 0. The van der Waals surface area contributed by atoms with Crippen molar-refractivity contribution in [2.75, 3.05) is 0 Å². The molecular formula is C9H22. The van der Waals surface area contributed by atoms with Crippen molar-refractivity contribution in [3.8, 4) is 0 Å². The Morgan fingerprint density at radius 3 is 2.00 bits per heavy atom. The van der Waals surface area contributed by atoms with Gasteiger partial charge in [0.2, 0.25) is 0 Å². The van der Waals surface area contributed by atoms with E-state index >= 15 is 0 Å². The molecule has 9 heavy (non-hydrogen) atoms. The van der Waals surface area contributed by atoms with Crippen molar-refractivity contribution in [3.63, 3.8) is 0 Å². The molecule has 0 fully saturated rings. The lowest BCUT2D eigenvalue weighted by molar-refractivity contribution is 0.441. The van der Waals surface area contributed by atoms with Crippen LogP contribution in [0.3, 0.4) is 0 Å². The molecular weight excluding hydrogens is 108 g/mol. The van der Waals surface area contributed by atoms with Gasteiger partial charge in [-0.15, -0.1) is 0 Å². The van der Waals surface area contributed by atoms with Crippen LogP contribution < -0.4 is 0 Å². The van der Waals surface area contributed by atoms with Crippen LogP contribution in [0.5, 0.6) is 0 Å². The molecule has 58 valence electrons. The Labute approximate surface area is 61.1 Å². The summed E-state index contributed by atoms with van der Waals surface area (Å²) >= 11 is 0. The smallest absolute Gasteiger partial charge is 0 e. The van der Waals surface area contributed by atoms with Crippen LogP contribution in [-0.2, 0) is 0 Å². The minimum atomic E-state index is 0. The molecule has 0 aromatic rings. The van der Waals surface area contributed by atoms with Gasteiger partial charge in [-0.1, -0.05) is 47.0 Å². The summed E-state index contributed by atoms with van der Waals surface area (Å²) < 4.78 is 0. The van der Waals surface area contributed by atoms with Crippen LogP contribution in [0.4, 0.5) is 0 Å². The van der Waals surface area contributed by atoms with E-state index in [4.69, 9.17) is 0 Å². The van der Waals surface area contributed by atoms with Crippen LogP contribution in [0.15, 0.2) is 0 Å². The maximum absolute atomic E-state index is 2.34. The quantitative estimate of drug-likeness (QED) is 0.544. The van der Waals surface area contributed by atoms with Gasteiger partial charge in [0.25, 0.3) is 0 Å². The number of hydrogen-bond acceptors (Lipinski definition) is 0. The van der Waals surface area contributed by atoms with Gasteiger partial charge in [-0.3, -0.25) is 0 Å². The summed E-state index contributed by atoms with van der Waals surface area (Å²) in [4.78, 5) is 0. The topological polar surface area (TPSA) is 0 Å². The molecule has 0 aromatic heterocycles. The second kappa shape index (κ2) is 4.84. The van der Waals surface area contributed by atoms with Gasteiger partial charge >= 0.3 is 0 Å². The Morgan fingerprint density at radius 1 is 1.11 bits per heavy atom. The second-order valence-corrected chi connectivity index (χ2v) is 3.48. The fourth-order valence-electron chi connectivity index (χ4n) is 0.822. The van der Waals surface area contributed by atoms with Gasteiger partial charge in [-0.25, -0.2) is 0 Å². The maximum atomic E-state index is 2.34. The average molecular weight is 130 g/mol. The molecule has 0 aromatic carbocycles. The first-order chi connectivity index (χ1) is 4.16. The summed E-state index contributed by atoms with van der Waals surface area (Å²) in [6.07, 6.45) is 4.15. The van der Waals surface area contributed by atoms with Gasteiger partial charge in [0.05, 0.1) is 0 Å². The van der Waals surface area contributed by atoms with Crippen molar-refractivity contribution >= 4 is 0 Å². The highest BCUT2D eigenvalue weighted by Gasteiger charge is 1.99. The molecule has 0 aliphatic rings. The van der Waals surface area contributed by atoms with Crippen LogP contribution in [0.2, 0.25) is 0 Å². The first-order valence-electron chi connectivity index (χ1n) is 4.16. The molecule has 0 aliphatic carbocycles. The first-order valence-corrected chi connectivity index (χ1v) is 4.16. The van der Waals surface area contributed by atoms with Crippen molar-refractivity contribution in [2.45, 2.75) is 47.0 Å².